The lowest BCUT2D eigenvalue weighted by Crippen LogP contribution is -2.25. The summed E-state index contributed by atoms with van der Waals surface area (Å²) in [7, 11) is 0. The maximum absolute atomic E-state index is 13.8. The van der Waals surface area contributed by atoms with Gasteiger partial charge in [-0.05, 0) is 18.9 Å². The summed E-state index contributed by atoms with van der Waals surface area (Å²) < 4.78 is 19.1. The molecule has 21 heavy (non-hydrogen) atoms. The van der Waals surface area contributed by atoms with E-state index in [0.29, 0.717) is 30.6 Å². The van der Waals surface area contributed by atoms with Crippen LogP contribution >= 0.6 is 0 Å². The molecule has 0 atom stereocenters. The predicted molar refractivity (Wildman–Crippen MR) is 77.1 cm³/mol. The van der Waals surface area contributed by atoms with Crippen LogP contribution in [0.25, 0.3) is 0 Å². The summed E-state index contributed by atoms with van der Waals surface area (Å²) in [6.07, 6.45) is 2.30. The van der Waals surface area contributed by atoms with Gasteiger partial charge in [0, 0.05) is 24.1 Å². The molecule has 0 spiro atoms. The maximum Gasteiger partial charge on any atom is 0.240 e. The highest BCUT2D eigenvalue weighted by Crippen LogP contribution is 2.30. The van der Waals surface area contributed by atoms with E-state index in [4.69, 9.17) is 4.52 Å². The lowest BCUT2D eigenvalue weighted by atomic mass is 10.2. The van der Waals surface area contributed by atoms with Crippen LogP contribution in [0.3, 0.4) is 0 Å². The Morgan fingerprint density at radius 3 is 2.67 bits per heavy atom. The van der Waals surface area contributed by atoms with Crippen molar-refractivity contribution in [2.24, 2.45) is 0 Å². The van der Waals surface area contributed by atoms with Crippen molar-refractivity contribution in [3.63, 3.8) is 0 Å². The van der Waals surface area contributed by atoms with Crippen molar-refractivity contribution in [3.8, 4) is 0 Å². The van der Waals surface area contributed by atoms with Gasteiger partial charge < -0.3 is 4.52 Å². The Bertz CT molecular complexity index is 607. The van der Waals surface area contributed by atoms with Gasteiger partial charge >= 0.3 is 0 Å². The average Bonchev–Trinajstić information content (AvgIpc) is 3.20. The first kappa shape index (κ1) is 14.2. The molecule has 1 aliphatic carbocycles. The SMILES string of the molecule is CC(C)c1noc(CN(Cc2ccccc2F)C2CC2)n1. The van der Waals surface area contributed by atoms with Crippen LogP contribution in [0.2, 0.25) is 0 Å². The number of rotatable bonds is 6. The van der Waals surface area contributed by atoms with Crippen LogP contribution in [0, 0.1) is 5.82 Å². The van der Waals surface area contributed by atoms with Crippen molar-refractivity contribution < 1.29 is 8.91 Å². The molecule has 1 aliphatic rings. The van der Waals surface area contributed by atoms with Gasteiger partial charge in [-0.2, -0.15) is 4.98 Å². The largest absolute Gasteiger partial charge is 0.338 e. The molecule has 0 bridgehead atoms. The van der Waals surface area contributed by atoms with Crippen LogP contribution in [-0.2, 0) is 13.1 Å². The number of halogens is 1. The summed E-state index contributed by atoms with van der Waals surface area (Å²) in [6, 6.07) is 7.42. The minimum Gasteiger partial charge on any atom is -0.338 e. The highest BCUT2D eigenvalue weighted by molar-refractivity contribution is 5.17. The third-order valence-corrected chi connectivity index (χ3v) is 3.73. The fourth-order valence-corrected chi connectivity index (χ4v) is 2.34. The number of hydrogen-bond acceptors (Lipinski definition) is 4. The molecule has 2 aromatic rings. The van der Waals surface area contributed by atoms with Crippen molar-refractivity contribution >= 4 is 0 Å². The van der Waals surface area contributed by atoms with Crippen LogP contribution in [0.1, 0.15) is 49.9 Å². The standard InChI is InChI=1S/C16H20FN3O/c1-11(2)16-18-15(21-19-16)10-20(13-7-8-13)9-12-5-3-4-6-14(12)17/h3-6,11,13H,7-10H2,1-2H3. The molecule has 0 amide bonds. The van der Waals surface area contributed by atoms with Crippen molar-refractivity contribution in [2.45, 2.75) is 51.7 Å². The average molecular weight is 289 g/mol. The van der Waals surface area contributed by atoms with E-state index < -0.39 is 0 Å². The molecular formula is C16H20FN3O. The summed E-state index contributed by atoms with van der Waals surface area (Å²) in [6.45, 7) is 5.23. The fraction of sp³-hybridized carbons (Fsp3) is 0.500. The zero-order chi connectivity index (χ0) is 14.8. The van der Waals surface area contributed by atoms with Gasteiger partial charge in [0.05, 0.1) is 6.54 Å². The second kappa shape index (κ2) is 5.93. The van der Waals surface area contributed by atoms with Crippen LogP contribution in [0.15, 0.2) is 28.8 Å². The molecule has 1 heterocycles. The Labute approximate surface area is 124 Å². The maximum atomic E-state index is 13.8. The van der Waals surface area contributed by atoms with E-state index in [1.165, 1.54) is 6.07 Å². The molecule has 1 aromatic carbocycles. The molecule has 0 N–H and O–H groups in total. The van der Waals surface area contributed by atoms with Crippen LogP contribution in [0.4, 0.5) is 4.39 Å². The lowest BCUT2D eigenvalue weighted by molar-refractivity contribution is 0.207. The quantitative estimate of drug-likeness (QED) is 0.816. The number of hydrogen-bond donors (Lipinski definition) is 0. The Kier molecular flexibility index (Phi) is 4.01. The molecule has 5 heteroatoms. The predicted octanol–water partition coefficient (Wildman–Crippen LogP) is 3.50. The van der Waals surface area contributed by atoms with Crippen molar-refractivity contribution in [1.82, 2.24) is 15.0 Å². The van der Waals surface area contributed by atoms with Gasteiger partial charge in [-0.15, -0.1) is 0 Å². The van der Waals surface area contributed by atoms with Gasteiger partial charge in [-0.25, -0.2) is 4.39 Å². The highest BCUT2D eigenvalue weighted by Gasteiger charge is 2.30. The van der Waals surface area contributed by atoms with E-state index >= 15 is 0 Å². The van der Waals surface area contributed by atoms with Crippen LogP contribution < -0.4 is 0 Å². The zero-order valence-corrected chi connectivity index (χ0v) is 12.4. The molecule has 112 valence electrons. The first-order chi connectivity index (χ1) is 10.1. The second-order valence-electron chi connectivity index (χ2n) is 5.93. The fourth-order valence-electron chi connectivity index (χ4n) is 2.34. The van der Waals surface area contributed by atoms with E-state index in [1.807, 2.05) is 26.0 Å². The van der Waals surface area contributed by atoms with Gasteiger partial charge in [-0.3, -0.25) is 4.90 Å². The van der Waals surface area contributed by atoms with Crippen LogP contribution in [-0.4, -0.2) is 21.1 Å². The zero-order valence-electron chi connectivity index (χ0n) is 12.4. The summed E-state index contributed by atoms with van der Waals surface area (Å²) >= 11 is 0. The molecule has 0 aliphatic heterocycles. The van der Waals surface area contributed by atoms with Crippen molar-refractivity contribution in [2.75, 3.05) is 0 Å². The smallest absolute Gasteiger partial charge is 0.240 e. The third-order valence-electron chi connectivity index (χ3n) is 3.73. The topological polar surface area (TPSA) is 42.2 Å². The summed E-state index contributed by atoms with van der Waals surface area (Å²) in [4.78, 5) is 6.63. The van der Waals surface area contributed by atoms with Gasteiger partial charge in [0.2, 0.25) is 5.89 Å². The Hall–Kier alpha value is -1.75. The Balaban J connectivity index is 1.71. The molecule has 1 saturated carbocycles. The molecule has 4 nitrogen and oxygen atoms in total. The third kappa shape index (κ3) is 3.47. The molecule has 0 unspecified atom stereocenters. The number of nitrogens with zero attached hydrogens (tertiary/aromatic N) is 3. The molecule has 1 aromatic heterocycles. The van der Waals surface area contributed by atoms with Crippen molar-refractivity contribution in [3.05, 3.63) is 47.4 Å². The first-order valence-corrected chi connectivity index (χ1v) is 7.43. The molecule has 0 radical (unpaired) electrons. The molecule has 3 rings (SSSR count). The van der Waals surface area contributed by atoms with Gasteiger partial charge in [0.15, 0.2) is 5.82 Å². The molecular weight excluding hydrogens is 269 g/mol. The molecule has 0 saturated heterocycles. The Morgan fingerprint density at radius 1 is 1.29 bits per heavy atom. The van der Waals surface area contributed by atoms with Gasteiger partial charge in [-0.1, -0.05) is 37.2 Å². The van der Waals surface area contributed by atoms with Gasteiger partial charge in [0.25, 0.3) is 0 Å². The highest BCUT2D eigenvalue weighted by atomic mass is 19.1. The van der Waals surface area contributed by atoms with Crippen molar-refractivity contribution in [1.29, 1.82) is 0 Å². The summed E-state index contributed by atoms with van der Waals surface area (Å²) in [5, 5.41) is 3.99. The number of benzene rings is 1. The van der Waals surface area contributed by atoms with Crippen LogP contribution in [0.5, 0.6) is 0 Å². The van der Waals surface area contributed by atoms with Gasteiger partial charge in [0.1, 0.15) is 5.82 Å². The monoisotopic (exact) mass is 289 g/mol. The van der Waals surface area contributed by atoms with E-state index in [0.717, 1.165) is 18.7 Å². The minimum atomic E-state index is -0.156. The van der Waals surface area contributed by atoms with E-state index in [2.05, 4.69) is 15.0 Å². The van der Waals surface area contributed by atoms with E-state index in [1.54, 1.807) is 6.07 Å². The van der Waals surface area contributed by atoms with E-state index in [-0.39, 0.29) is 11.7 Å². The number of aromatic nitrogens is 2. The Morgan fingerprint density at radius 2 is 2.05 bits per heavy atom. The lowest BCUT2D eigenvalue weighted by Gasteiger charge is -2.20. The van der Waals surface area contributed by atoms with E-state index in [9.17, 15) is 4.39 Å². The summed E-state index contributed by atoms with van der Waals surface area (Å²) in [5.74, 6) is 1.44. The minimum absolute atomic E-state index is 0.156. The summed E-state index contributed by atoms with van der Waals surface area (Å²) in [5.41, 5.74) is 0.716. The second-order valence-corrected chi connectivity index (χ2v) is 5.93. The first-order valence-electron chi connectivity index (χ1n) is 7.43. The molecule has 1 fully saturated rings. The normalized spacial score (nSPS) is 15.1.